The molecule has 0 atom stereocenters. The van der Waals surface area contributed by atoms with Crippen LogP contribution in [-0.4, -0.2) is 35.6 Å². The Morgan fingerprint density at radius 2 is 2.09 bits per heavy atom. The molecular weight excluding hydrogens is 308 g/mol. The number of halogens is 1. The second kappa shape index (κ2) is 5.61. The summed E-state index contributed by atoms with van der Waals surface area (Å²) in [5.41, 5.74) is 0.302. The lowest BCUT2D eigenvalue weighted by Gasteiger charge is -2.18. The fourth-order valence-corrected chi connectivity index (χ4v) is 2.35. The third-order valence-electron chi connectivity index (χ3n) is 3.17. The molecule has 0 spiro atoms. The molecule has 0 unspecified atom stereocenters. The molecule has 0 N–H and O–H groups in total. The van der Waals surface area contributed by atoms with Crippen molar-refractivity contribution < 1.29 is 14.3 Å². The third kappa shape index (κ3) is 2.35. The predicted octanol–water partition coefficient (Wildman–Crippen LogP) is 2.11. The lowest BCUT2D eigenvalue weighted by atomic mass is 10.2. The summed E-state index contributed by atoms with van der Waals surface area (Å²) in [6.07, 6.45) is 4.36. The smallest absolute Gasteiger partial charge is 0.337 e. The number of carbonyl (C=O) groups excluding carboxylic acids is 2. The van der Waals surface area contributed by atoms with Crippen LogP contribution in [0.15, 0.2) is 36.8 Å². The van der Waals surface area contributed by atoms with E-state index in [4.69, 9.17) is 16.3 Å². The van der Waals surface area contributed by atoms with Gasteiger partial charge in [0.2, 0.25) is 0 Å². The highest BCUT2D eigenvalue weighted by molar-refractivity contribution is 6.32. The van der Waals surface area contributed by atoms with Crippen molar-refractivity contribution in [3.63, 3.8) is 0 Å². The highest BCUT2D eigenvalue weighted by Gasteiger charge is 2.40. The fraction of sp³-hybridized carbons (Fsp3) is 0.143. The van der Waals surface area contributed by atoms with Crippen LogP contribution in [0.2, 0.25) is 5.02 Å². The topological polar surface area (TPSA) is 75.6 Å². The number of anilines is 2. The minimum absolute atomic E-state index is 0.118. The first-order valence-corrected chi connectivity index (χ1v) is 6.73. The van der Waals surface area contributed by atoms with E-state index in [1.54, 1.807) is 12.1 Å². The average Bonchev–Trinajstić information content (AvgIpc) is 2.83. The normalized spacial score (nSPS) is 14.6. The van der Waals surface area contributed by atoms with E-state index >= 15 is 0 Å². The zero-order valence-corrected chi connectivity index (χ0v) is 12.3. The van der Waals surface area contributed by atoms with Gasteiger partial charge in [0.05, 0.1) is 19.0 Å². The maximum atomic E-state index is 12.6. The van der Waals surface area contributed by atoms with Crippen LogP contribution in [0.25, 0.3) is 0 Å². The molecule has 8 heteroatoms. The number of rotatable bonds is 3. The molecule has 3 rings (SSSR count). The van der Waals surface area contributed by atoms with Crippen molar-refractivity contribution in [2.45, 2.75) is 0 Å². The largest absolute Gasteiger partial charge is 0.495 e. The molecule has 1 fully saturated rings. The highest BCUT2D eigenvalue weighted by Crippen LogP contribution is 2.34. The molecule has 1 aliphatic heterocycles. The Kier molecular flexibility index (Phi) is 3.64. The number of ether oxygens (including phenoxy) is 1. The predicted molar refractivity (Wildman–Crippen MR) is 80.3 cm³/mol. The Hall–Kier alpha value is -2.67. The average molecular weight is 319 g/mol. The standard InChI is InChI=1S/C14H11ClN4O3/c1-22-11-3-2-9(15)6-10(11)19-13(20)8-18(14(19)21)12-7-16-4-5-17-12/h2-7H,8H2,1H3. The van der Waals surface area contributed by atoms with Gasteiger partial charge in [0.1, 0.15) is 12.3 Å². The number of hydrogen-bond acceptors (Lipinski definition) is 5. The van der Waals surface area contributed by atoms with E-state index in [0.717, 1.165) is 4.90 Å². The van der Waals surface area contributed by atoms with Crippen LogP contribution >= 0.6 is 11.6 Å². The van der Waals surface area contributed by atoms with Crippen molar-refractivity contribution in [1.29, 1.82) is 0 Å². The van der Waals surface area contributed by atoms with Crippen molar-refractivity contribution in [2.75, 3.05) is 23.5 Å². The quantitative estimate of drug-likeness (QED) is 0.810. The number of urea groups is 1. The van der Waals surface area contributed by atoms with Crippen LogP contribution in [0.1, 0.15) is 0 Å². The Balaban J connectivity index is 2.01. The van der Waals surface area contributed by atoms with Crippen molar-refractivity contribution in [2.24, 2.45) is 0 Å². The number of methoxy groups -OCH3 is 1. The van der Waals surface area contributed by atoms with Gasteiger partial charge >= 0.3 is 6.03 Å². The molecule has 1 aliphatic rings. The van der Waals surface area contributed by atoms with E-state index in [9.17, 15) is 9.59 Å². The summed E-state index contributed by atoms with van der Waals surface area (Å²) < 4.78 is 5.20. The molecule has 1 aromatic carbocycles. The fourth-order valence-electron chi connectivity index (χ4n) is 2.19. The van der Waals surface area contributed by atoms with Crippen molar-refractivity contribution >= 4 is 35.0 Å². The Labute approximate surface area is 131 Å². The molecule has 112 valence electrons. The van der Waals surface area contributed by atoms with Crippen LogP contribution in [0.3, 0.4) is 0 Å². The molecule has 0 aliphatic carbocycles. The molecule has 3 amide bonds. The molecule has 0 radical (unpaired) electrons. The van der Waals surface area contributed by atoms with Gasteiger partial charge in [0.15, 0.2) is 5.82 Å². The van der Waals surface area contributed by atoms with Crippen LogP contribution in [0.5, 0.6) is 5.75 Å². The van der Waals surface area contributed by atoms with Crippen LogP contribution < -0.4 is 14.5 Å². The number of aromatic nitrogens is 2. The number of amides is 3. The maximum absolute atomic E-state index is 12.6. The first kappa shape index (κ1) is 14.3. The molecule has 22 heavy (non-hydrogen) atoms. The van der Waals surface area contributed by atoms with Crippen LogP contribution in [0, 0.1) is 0 Å². The number of benzene rings is 1. The van der Waals surface area contributed by atoms with Gasteiger partial charge in [-0.2, -0.15) is 0 Å². The van der Waals surface area contributed by atoms with Gasteiger partial charge in [-0.15, -0.1) is 0 Å². The number of nitrogens with zero attached hydrogens (tertiary/aromatic N) is 4. The molecule has 7 nitrogen and oxygen atoms in total. The molecule has 2 heterocycles. The van der Waals surface area contributed by atoms with Crippen LogP contribution in [-0.2, 0) is 4.79 Å². The van der Waals surface area contributed by atoms with E-state index < -0.39 is 11.9 Å². The number of imide groups is 1. The van der Waals surface area contributed by atoms with E-state index in [1.807, 2.05) is 0 Å². The zero-order valence-electron chi connectivity index (χ0n) is 11.6. The Bertz CT molecular complexity index is 738. The monoisotopic (exact) mass is 318 g/mol. The van der Waals surface area contributed by atoms with Gasteiger partial charge in [-0.25, -0.2) is 14.7 Å². The number of hydrogen-bond donors (Lipinski definition) is 0. The minimum Gasteiger partial charge on any atom is -0.495 e. The third-order valence-corrected chi connectivity index (χ3v) is 3.41. The molecule has 0 bridgehead atoms. The van der Waals surface area contributed by atoms with Gasteiger partial charge in [-0.05, 0) is 18.2 Å². The van der Waals surface area contributed by atoms with Gasteiger partial charge in [0.25, 0.3) is 5.91 Å². The van der Waals surface area contributed by atoms with Gasteiger partial charge in [0, 0.05) is 17.4 Å². The molecule has 1 aromatic heterocycles. The molecule has 1 saturated heterocycles. The Morgan fingerprint density at radius 1 is 1.27 bits per heavy atom. The second-order valence-electron chi connectivity index (χ2n) is 4.48. The van der Waals surface area contributed by atoms with Crippen molar-refractivity contribution in [3.8, 4) is 5.75 Å². The highest BCUT2D eigenvalue weighted by atomic mass is 35.5. The second-order valence-corrected chi connectivity index (χ2v) is 4.91. The summed E-state index contributed by atoms with van der Waals surface area (Å²) in [6, 6.07) is 4.21. The van der Waals surface area contributed by atoms with E-state index in [0.29, 0.717) is 22.3 Å². The number of carbonyl (C=O) groups is 2. The van der Waals surface area contributed by atoms with Gasteiger partial charge in [-0.3, -0.25) is 14.7 Å². The lowest BCUT2D eigenvalue weighted by molar-refractivity contribution is -0.115. The SMILES string of the molecule is COc1ccc(Cl)cc1N1C(=O)CN(c2cnccn2)C1=O. The van der Waals surface area contributed by atoms with E-state index in [-0.39, 0.29) is 6.54 Å². The van der Waals surface area contributed by atoms with E-state index in [2.05, 4.69) is 9.97 Å². The summed E-state index contributed by atoms with van der Waals surface area (Å²) in [6.45, 7) is -0.118. The van der Waals surface area contributed by atoms with Gasteiger partial charge in [-0.1, -0.05) is 11.6 Å². The first-order chi connectivity index (χ1) is 10.6. The molecular formula is C14H11ClN4O3. The zero-order chi connectivity index (χ0) is 15.7. The van der Waals surface area contributed by atoms with Crippen molar-refractivity contribution in [3.05, 3.63) is 41.8 Å². The van der Waals surface area contributed by atoms with E-state index in [1.165, 1.54) is 36.7 Å². The maximum Gasteiger partial charge on any atom is 0.337 e. The summed E-state index contributed by atoms with van der Waals surface area (Å²) in [4.78, 5) is 35.0. The molecule has 2 aromatic rings. The lowest BCUT2D eigenvalue weighted by Crippen LogP contribution is -2.33. The summed E-state index contributed by atoms with van der Waals surface area (Å²) in [5.74, 6) is 0.299. The van der Waals surface area contributed by atoms with Crippen LogP contribution in [0.4, 0.5) is 16.3 Å². The minimum atomic E-state index is -0.522. The van der Waals surface area contributed by atoms with Gasteiger partial charge < -0.3 is 4.74 Å². The Morgan fingerprint density at radius 3 is 2.77 bits per heavy atom. The summed E-state index contributed by atoms with van der Waals surface area (Å²) in [5, 5.41) is 0.398. The van der Waals surface area contributed by atoms with Crippen molar-refractivity contribution in [1.82, 2.24) is 9.97 Å². The first-order valence-electron chi connectivity index (χ1n) is 6.36. The summed E-state index contributed by atoms with van der Waals surface area (Å²) >= 11 is 5.96. The molecule has 0 saturated carbocycles. The summed E-state index contributed by atoms with van der Waals surface area (Å²) in [7, 11) is 1.46.